The quantitative estimate of drug-likeness (QED) is 0.877. The molecule has 1 aliphatic heterocycles. The number of sulfonamides is 1. The van der Waals surface area contributed by atoms with E-state index in [9.17, 15) is 13.2 Å². The van der Waals surface area contributed by atoms with Crippen molar-refractivity contribution >= 4 is 15.9 Å². The van der Waals surface area contributed by atoms with Crippen molar-refractivity contribution in [2.75, 3.05) is 13.1 Å². The lowest BCUT2D eigenvalue weighted by atomic mass is 10.1. The van der Waals surface area contributed by atoms with Crippen molar-refractivity contribution < 1.29 is 13.2 Å². The van der Waals surface area contributed by atoms with Crippen molar-refractivity contribution in [2.45, 2.75) is 37.6 Å². The summed E-state index contributed by atoms with van der Waals surface area (Å²) in [6.45, 7) is 3.52. The monoisotopic (exact) mass is 372 g/mol. The molecule has 3 rings (SSSR count). The van der Waals surface area contributed by atoms with Gasteiger partial charge in [-0.05, 0) is 49.6 Å². The van der Waals surface area contributed by atoms with Crippen LogP contribution in [0.5, 0.6) is 0 Å². The van der Waals surface area contributed by atoms with Crippen LogP contribution in [0.4, 0.5) is 0 Å². The third-order valence-electron chi connectivity index (χ3n) is 4.64. The maximum Gasteiger partial charge on any atom is 0.251 e. The number of benzene rings is 2. The molecule has 2 aromatic rings. The van der Waals surface area contributed by atoms with Crippen LogP contribution in [-0.4, -0.2) is 31.7 Å². The maximum absolute atomic E-state index is 12.6. The second kappa shape index (κ2) is 8.01. The first-order valence-corrected chi connectivity index (χ1v) is 10.3. The lowest BCUT2D eigenvalue weighted by molar-refractivity contribution is 0.0951. The number of carbonyl (C=O) groups is 1. The van der Waals surface area contributed by atoms with E-state index in [0.717, 1.165) is 30.4 Å². The summed E-state index contributed by atoms with van der Waals surface area (Å²) in [6.07, 6.45) is 2.93. The SMILES string of the molecule is Cc1ccc(C(=O)NCc2ccc(S(=O)(=O)N3CCCCC3)cc2)cc1. The van der Waals surface area contributed by atoms with E-state index in [-0.39, 0.29) is 5.91 Å². The summed E-state index contributed by atoms with van der Waals surface area (Å²) in [5, 5.41) is 2.86. The Balaban J connectivity index is 1.62. The Kier molecular flexibility index (Phi) is 5.74. The number of rotatable bonds is 5. The maximum atomic E-state index is 12.6. The van der Waals surface area contributed by atoms with Gasteiger partial charge in [0.05, 0.1) is 4.90 Å². The molecule has 0 spiro atoms. The molecule has 0 unspecified atom stereocenters. The van der Waals surface area contributed by atoms with Gasteiger partial charge in [-0.2, -0.15) is 4.31 Å². The number of piperidine rings is 1. The Labute approximate surface area is 155 Å². The predicted octanol–water partition coefficient (Wildman–Crippen LogP) is 3.10. The Bertz CT molecular complexity index is 853. The highest BCUT2D eigenvalue weighted by molar-refractivity contribution is 7.89. The summed E-state index contributed by atoms with van der Waals surface area (Å²) in [5.41, 5.74) is 2.58. The minimum absolute atomic E-state index is 0.144. The molecule has 0 aromatic heterocycles. The van der Waals surface area contributed by atoms with E-state index in [4.69, 9.17) is 0 Å². The average Bonchev–Trinajstić information content (AvgIpc) is 2.67. The molecule has 1 saturated heterocycles. The first kappa shape index (κ1) is 18.6. The van der Waals surface area contributed by atoms with Gasteiger partial charge in [-0.1, -0.05) is 36.2 Å². The largest absolute Gasteiger partial charge is 0.348 e. The number of carbonyl (C=O) groups excluding carboxylic acids is 1. The molecule has 1 amide bonds. The molecule has 5 nitrogen and oxygen atoms in total. The van der Waals surface area contributed by atoms with Crippen LogP contribution in [0.15, 0.2) is 53.4 Å². The van der Waals surface area contributed by atoms with Crippen LogP contribution in [0.2, 0.25) is 0 Å². The summed E-state index contributed by atoms with van der Waals surface area (Å²) in [5.74, 6) is -0.144. The molecule has 0 saturated carbocycles. The molecule has 2 aromatic carbocycles. The van der Waals surface area contributed by atoms with Crippen LogP contribution >= 0.6 is 0 Å². The minimum Gasteiger partial charge on any atom is -0.348 e. The van der Waals surface area contributed by atoms with Crippen LogP contribution < -0.4 is 5.32 Å². The highest BCUT2D eigenvalue weighted by Crippen LogP contribution is 2.20. The molecule has 26 heavy (non-hydrogen) atoms. The van der Waals surface area contributed by atoms with E-state index in [2.05, 4.69) is 5.32 Å². The van der Waals surface area contributed by atoms with Crippen LogP contribution in [0, 0.1) is 6.92 Å². The predicted molar refractivity (Wildman–Crippen MR) is 101 cm³/mol. The van der Waals surface area contributed by atoms with E-state index >= 15 is 0 Å². The molecule has 138 valence electrons. The fourth-order valence-corrected chi connectivity index (χ4v) is 4.54. The van der Waals surface area contributed by atoms with E-state index in [1.165, 1.54) is 0 Å². The number of nitrogens with one attached hydrogen (secondary N) is 1. The normalized spacial score (nSPS) is 15.6. The van der Waals surface area contributed by atoms with Crippen molar-refractivity contribution in [3.63, 3.8) is 0 Å². The molecule has 0 bridgehead atoms. The molecule has 1 fully saturated rings. The molecule has 1 heterocycles. The Morgan fingerprint density at radius 2 is 1.58 bits per heavy atom. The zero-order valence-electron chi connectivity index (χ0n) is 14.9. The van der Waals surface area contributed by atoms with Crippen LogP contribution in [0.1, 0.15) is 40.7 Å². The van der Waals surface area contributed by atoms with Crippen LogP contribution in [0.3, 0.4) is 0 Å². The molecule has 6 heteroatoms. The summed E-state index contributed by atoms with van der Waals surface area (Å²) in [7, 11) is -3.41. The van der Waals surface area contributed by atoms with Gasteiger partial charge in [-0.25, -0.2) is 8.42 Å². The third kappa shape index (κ3) is 4.31. The van der Waals surface area contributed by atoms with Crippen molar-refractivity contribution in [2.24, 2.45) is 0 Å². The first-order valence-electron chi connectivity index (χ1n) is 8.91. The second-order valence-corrected chi connectivity index (χ2v) is 8.60. The van der Waals surface area contributed by atoms with Gasteiger partial charge in [-0.3, -0.25) is 4.79 Å². The van der Waals surface area contributed by atoms with E-state index in [1.807, 2.05) is 19.1 Å². The molecule has 0 radical (unpaired) electrons. The lowest BCUT2D eigenvalue weighted by Crippen LogP contribution is -2.35. The average molecular weight is 372 g/mol. The van der Waals surface area contributed by atoms with Gasteiger partial charge < -0.3 is 5.32 Å². The number of nitrogens with zero attached hydrogens (tertiary/aromatic N) is 1. The van der Waals surface area contributed by atoms with E-state index in [0.29, 0.717) is 30.1 Å². The number of hydrogen-bond donors (Lipinski definition) is 1. The molecular formula is C20H24N2O3S. The molecule has 0 atom stereocenters. The zero-order chi connectivity index (χ0) is 18.6. The highest BCUT2D eigenvalue weighted by Gasteiger charge is 2.25. The molecule has 0 aliphatic carbocycles. The Morgan fingerprint density at radius 3 is 2.19 bits per heavy atom. The molecule has 1 aliphatic rings. The highest BCUT2D eigenvalue weighted by atomic mass is 32.2. The second-order valence-electron chi connectivity index (χ2n) is 6.66. The summed E-state index contributed by atoms with van der Waals surface area (Å²) in [4.78, 5) is 12.5. The third-order valence-corrected chi connectivity index (χ3v) is 6.56. The van der Waals surface area contributed by atoms with Gasteiger partial charge in [0, 0.05) is 25.2 Å². The Morgan fingerprint density at radius 1 is 0.962 bits per heavy atom. The fourth-order valence-electron chi connectivity index (χ4n) is 3.02. The van der Waals surface area contributed by atoms with Gasteiger partial charge in [0.1, 0.15) is 0 Å². The van der Waals surface area contributed by atoms with Gasteiger partial charge in [0.2, 0.25) is 10.0 Å². The van der Waals surface area contributed by atoms with E-state index in [1.54, 1.807) is 40.7 Å². The molecular weight excluding hydrogens is 348 g/mol. The first-order chi connectivity index (χ1) is 12.5. The van der Waals surface area contributed by atoms with Crippen molar-refractivity contribution in [3.05, 3.63) is 65.2 Å². The smallest absolute Gasteiger partial charge is 0.251 e. The summed E-state index contributed by atoms with van der Waals surface area (Å²) >= 11 is 0. The van der Waals surface area contributed by atoms with Gasteiger partial charge in [0.25, 0.3) is 5.91 Å². The van der Waals surface area contributed by atoms with Crippen molar-refractivity contribution in [3.8, 4) is 0 Å². The fraction of sp³-hybridized carbons (Fsp3) is 0.350. The topological polar surface area (TPSA) is 66.5 Å². The number of aryl methyl sites for hydroxylation is 1. The van der Waals surface area contributed by atoms with Crippen molar-refractivity contribution in [1.82, 2.24) is 9.62 Å². The number of amides is 1. The Hall–Kier alpha value is -2.18. The zero-order valence-corrected chi connectivity index (χ0v) is 15.8. The van der Waals surface area contributed by atoms with Gasteiger partial charge in [-0.15, -0.1) is 0 Å². The molecule has 1 N–H and O–H groups in total. The van der Waals surface area contributed by atoms with Gasteiger partial charge in [0.15, 0.2) is 0 Å². The van der Waals surface area contributed by atoms with Gasteiger partial charge >= 0.3 is 0 Å². The standard InChI is InChI=1S/C20H24N2O3S/c1-16-5-9-18(10-6-16)20(23)21-15-17-7-11-19(12-8-17)26(24,25)22-13-3-2-4-14-22/h5-12H,2-4,13-15H2,1H3,(H,21,23). The van der Waals surface area contributed by atoms with E-state index < -0.39 is 10.0 Å². The summed E-state index contributed by atoms with van der Waals surface area (Å²) < 4.78 is 26.8. The minimum atomic E-state index is -3.41. The van der Waals surface area contributed by atoms with Crippen LogP contribution in [0.25, 0.3) is 0 Å². The lowest BCUT2D eigenvalue weighted by Gasteiger charge is -2.25. The number of hydrogen-bond acceptors (Lipinski definition) is 3. The van der Waals surface area contributed by atoms with Crippen molar-refractivity contribution in [1.29, 1.82) is 0 Å². The summed E-state index contributed by atoms with van der Waals surface area (Å²) in [6, 6.07) is 14.1. The van der Waals surface area contributed by atoms with Crippen LogP contribution in [-0.2, 0) is 16.6 Å².